The molecule has 182 valence electrons. The predicted octanol–water partition coefficient (Wildman–Crippen LogP) is 4.87. The number of nitrogens with one attached hydrogen (secondary N) is 2. The third-order valence-corrected chi connectivity index (χ3v) is 7.14. The Balaban J connectivity index is 1.72. The molecule has 2 aliphatic rings. The highest BCUT2D eigenvalue weighted by Gasteiger charge is 2.37. The Kier molecular flexibility index (Phi) is 8.33. The van der Waals surface area contributed by atoms with Crippen molar-refractivity contribution in [2.75, 3.05) is 11.9 Å². The standard InChI is InChI=1S/C28H38N4O2/c1-3-8-25(29-2)28(34)32(24-16-14-21(15-17-24)20-12-13-20)26(22-9-7-18-30-19-22)27(33)31-23-10-5-4-6-11-23/h7,9,14-20,23,25-26,29H,3-6,8,10-13H2,1-2H3,(H,31,33). The van der Waals surface area contributed by atoms with E-state index in [1.54, 1.807) is 17.3 Å². The van der Waals surface area contributed by atoms with Crippen molar-refractivity contribution in [1.82, 2.24) is 15.6 Å². The molecule has 2 aliphatic carbocycles. The molecule has 0 bridgehead atoms. The molecule has 0 spiro atoms. The summed E-state index contributed by atoms with van der Waals surface area (Å²) in [5.41, 5.74) is 2.78. The zero-order valence-corrected chi connectivity index (χ0v) is 20.5. The van der Waals surface area contributed by atoms with Crippen molar-refractivity contribution in [2.45, 2.75) is 88.8 Å². The molecule has 0 aliphatic heterocycles. The molecule has 2 unspecified atom stereocenters. The summed E-state index contributed by atoms with van der Waals surface area (Å²) in [6.07, 6.45) is 12.9. The number of hydrogen-bond acceptors (Lipinski definition) is 4. The Morgan fingerprint density at radius 1 is 1.06 bits per heavy atom. The summed E-state index contributed by atoms with van der Waals surface area (Å²) in [6, 6.07) is 11.0. The van der Waals surface area contributed by atoms with Crippen LogP contribution in [0.15, 0.2) is 48.8 Å². The van der Waals surface area contributed by atoms with E-state index in [9.17, 15) is 9.59 Å². The number of carbonyl (C=O) groups is 2. The van der Waals surface area contributed by atoms with Crippen molar-refractivity contribution in [3.8, 4) is 0 Å². The summed E-state index contributed by atoms with van der Waals surface area (Å²) >= 11 is 0. The molecule has 2 saturated carbocycles. The first-order valence-corrected chi connectivity index (χ1v) is 12.9. The molecular formula is C28H38N4O2. The second kappa shape index (κ2) is 11.6. The van der Waals surface area contributed by atoms with Gasteiger partial charge in [-0.3, -0.25) is 19.5 Å². The predicted molar refractivity (Wildman–Crippen MR) is 136 cm³/mol. The monoisotopic (exact) mass is 462 g/mol. The maximum atomic E-state index is 14.0. The molecule has 2 aromatic rings. The lowest BCUT2D eigenvalue weighted by Gasteiger charge is -2.35. The zero-order valence-electron chi connectivity index (χ0n) is 20.5. The Hall–Kier alpha value is -2.73. The molecule has 34 heavy (non-hydrogen) atoms. The summed E-state index contributed by atoms with van der Waals surface area (Å²) < 4.78 is 0. The quantitative estimate of drug-likeness (QED) is 0.528. The highest BCUT2D eigenvalue weighted by atomic mass is 16.2. The number of nitrogens with zero attached hydrogens (tertiary/aromatic N) is 2. The van der Waals surface area contributed by atoms with Crippen molar-refractivity contribution in [3.63, 3.8) is 0 Å². The Labute approximate surface area is 203 Å². The van der Waals surface area contributed by atoms with Gasteiger partial charge in [0.1, 0.15) is 6.04 Å². The van der Waals surface area contributed by atoms with E-state index in [1.165, 1.54) is 24.8 Å². The molecule has 2 amide bonds. The van der Waals surface area contributed by atoms with Gasteiger partial charge in [0.15, 0.2) is 0 Å². The zero-order chi connectivity index (χ0) is 23.9. The highest BCUT2D eigenvalue weighted by Crippen LogP contribution is 2.41. The number of aromatic nitrogens is 1. The molecule has 1 aromatic carbocycles. The number of carbonyl (C=O) groups excluding carboxylic acids is 2. The van der Waals surface area contributed by atoms with Crippen LogP contribution in [0, 0.1) is 0 Å². The van der Waals surface area contributed by atoms with Gasteiger partial charge in [-0.15, -0.1) is 0 Å². The lowest BCUT2D eigenvalue weighted by molar-refractivity contribution is -0.128. The summed E-state index contributed by atoms with van der Waals surface area (Å²) in [4.78, 5) is 33.8. The SMILES string of the molecule is CCCC(NC)C(=O)N(c1ccc(C2CC2)cc1)C(C(=O)NC1CCCCC1)c1cccnc1. The van der Waals surface area contributed by atoms with Crippen LogP contribution < -0.4 is 15.5 Å². The van der Waals surface area contributed by atoms with Gasteiger partial charge in [0.2, 0.25) is 11.8 Å². The average molecular weight is 463 g/mol. The molecule has 4 rings (SSSR count). The maximum absolute atomic E-state index is 14.0. The fourth-order valence-electron chi connectivity index (χ4n) is 5.06. The Morgan fingerprint density at radius 3 is 2.38 bits per heavy atom. The molecule has 1 aromatic heterocycles. The molecule has 6 nitrogen and oxygen atoms in total. The van der Waals surface area contributed by atoms with Crippen LogP contribution in [0.25, 0.3) is 0 Å². The third-order valence-electron chi connectivity index (χ3n) is 7.14. The fourth-order valence-corrected chi connectivity index (χ4v) is 5.06. The summed E-state index contributed by atoms with van der Waals surface area (Å²) in [5, 5.41) is 6.45. The average Bonchev–Trinajstić information content (AvgIpc) is 3.72. The van der Waals surface area contributed by atoms with Gasteiger partial charge >= 0.3 is 0 Å². The van der Waals surface area contributed by atoms with E-state index >= 15 is 0 Å². The van der Waals surface area contributed by atoms with Crippen LogP contribution in [0.5, 0.6) is 0 Å². The molecule has 2 atom stereocenters. The van der Waals surface area contributed by atoms with Crippen LogP contribution >= 0.6 is 0 Å². The van der Waals surface area contributed by atoms with Crippen LogP contribution in [0.4, 0.5) is 5.69 Å². The molecule has 0 radical (unpaired) electrons. The lowest BCUT2D eigenvalue weighted by Crippen LogP contribution is -2.52. The molecule has 6 heteroatoms. The number of amides is 2. The van der Waals surface area contributed by atoms with Crippen LogP contribution in [0.3, 0.4) is 0 Å². The third kappa shape index (κ3) is 5.84. The van der Waals surface area contributed by atoms with Crippen LogP contribution in [0.1, 0.15) is 87.8 Å². The van der Waals surface area contributed by atoms with Crippen LogP contribution in [-0.2, 0) is 9.59 Å². The number of benzene rings is 1. The van der Waals surface area contributed by atoms with Gasteiger partial charge < -0.3 is 10.6 Å². The van der Waals surface area contributed by atoms with Gasteiger partial charge in [0, 0.05) is 29.7 Å². The number of hydrogen-bond donors (Lipinski definition) is 2. The summed E-state index contributed by atoms with van der Waals surface area (Å²) in [7, 11) is 1.81. The van der Waals surface area contributed by atoms with E-state index in [-0.39, 0.29) is 23.9 Å². The highest BCUT2D eigenvalue weighted by molar-refractivity contribution is 6.03. The van der Waals surface area contributed by atoms with Crippen molar-refractivity contribution in [2.24, 2.45) is 0 Å². The van der Waals surface area contributed by atoms with Gasteiger partial charge in [0.25, 0.3) is 0 Å². The van der Waals surface area contributed by atoms with Gasteiger partial charge in [-0.2, -0.15) is 0 Å². The van der Waals surface area contributed by atoms with Crippen LogP contribution in [0.2, 0.25) is 0 Å². The van der Waals surface area contributed by atoms with Gasteiger partial charge in [-0.1, -0.05) is 50.8 Å². The second-order valence-corrected chi connectivity index (χ2v) is 9.74. The molecule has 1 heterocycles. The summed E-state index contributed by atoms with van der Waals surface area (Å²) in [5.74, 6) is 0.411. The summed E-state index contributed by atoms with van der Waals surface area (Å²) in [6.45, 7) is 2.07. The van der Waals surface area contributed by atoms with E-state index in [2.05, 4.69) is 34.7 Å². The number of rotatable bonds is 10. The van der Waals surface area contributed by atoms with E-state index in [1.807, 2.05) is 31.3 Å². The normalized spacial score (nSPS) is 18.2. The minimum atomic E-state index is -0.775. The molecule has 2 fully saturated rings. The van der Waals surface area contributed by atoms with Crippen molar-refractivity contribution < 1.29 is 9.59 Å². The van der Waals surface area contributed by atoms with E-state index in [0.29, 0.717) is 12.3 Å². The molecule has 0 saturated heterocycles. The van der Waals surface area contributed by atoms with Gasteiger partial charge in [-0.05, 0) is 68.8 Å². The second-order valence-electron chi connectivity index (χ2n) is 9.74. The number of anilines is 1. The van der Waals surface area contributed by atoms with Crippen LogP contribution in [-0.4, -0.2) is 35.9 Å². The first-order valence-electron chi connectivity index (χ1n) is 12.9. The topological polar surface area (TPSA) is 74.3 Å². The fraction of sp³-hybridized carbons (Fsp3) is 0.536. The number of pyridine rings is 1. The van der Waals surface area contributed by atoms with Crippen molar-refractivity contribution >= 4 is 17.5 Å². The lowest BCUT2D eigenvalue weighted by atomic mass is 9.94. The van der Waals surface area contributed by atoms with E-state index < -0.39 is 6.04 Å². The minimum absolute atomic E-state index is 0.0869. The smallest absolute Gasteiger partial charge is 0.248 e. The first kappa shape index (κ1) is 24.4. The van der Waals surface area contributed by atoms with E-state index in [4.69, 9.17) is 0 Å². The largest absolute Gasteiger partial charge is 0.351 e. The molecular weight excluding hydrogens is 424 g/mol. The molecule has 2 N–H and O–H groups in total. The van der Waals surface area contributed by atoms with Gasteiger partial charge in [0.05, 0.1) is 6.04 Å². The Morgan fingerprint density at radius 2 is 1.79 bits per heavy atom. The maximum Gasteiger partial charge on any atom is 0.248 e. The van der Waals surface area contributed by atoms with Crippen molar-refractivity contribution in [1.29, 1.82) is 0 Å². The number of likely N-dealkylation sites (N-methyl/N-ethyl adjacent to an activating group) is 1. The minimum Gasteiger partial charge on any atom is -0.351 e. The Bertz CT molecular complexity index is 937. The van der Waals surface area contributed by atoms with E-state index in [0.717, 1.165) is 43.4 Å². The first-order chi connectivity index (χ1) is 16.6. The van der Waals surface area contributed by atoms with Gasteiger partial charge in [-0.25, -0.2) is 0 Å². The van der Waals surface area contributed by atoms with Crippen molar-refractivity contribution in [3.05, 3.63) is 59.9 Å².